The van der Waals surface area contributed by atoms with Gasteiger partial charge in [-0.05, 0) is 0 Å². The molecule has 0 aliphatic carbocycles. The number of aliphatic hydroxyl groups is 1. The molecule has 0 saturated carbocycles. The molecule has 0 aliphatic heterocycles. The average Bonchev–Trinajstić information content (AvgIpc) is 1.81. The molecule has 0 heterocycles. The molecular formula is C8H21O4P. The molecule has 0 rings (SSSR count). The molecule has 5 heteroatoms. The Kier molecular flexibility index (Phi) is 4.77. The normalized spacial score (nSPS) is 15.1. The van der Waals surface area contributed by atoms with Crippen LogP contribution < -0.4 is 0 Å². The Labute approximate surface area is 80.5 Å². The van der Waals surface area contributed by atoms with Gasteiger partial charge in [-0.3, -0.25) is 0 Å². The summed E-state index contributed by atoms with van der Waals surface area (Å²) in [5.41, 5.74) is -0.501. The van der Waals surface area contributed by atoms with Crippen LogP contribution in [0, 0.1) is 0 Å². The maximum atomic E-state index is 9.77. The Morgan fingerprint density at radius 1 is 1.31 bits per heavy atom. The van der Waals surface area contributed by atoms with Crippen LogP contribution in [0.25, 0.3) is 0 Å². The van der Waals surface area contributed by atoms with Crippen molar-refractivity contribution < 1.29 is 19.0 Å². The third-order valence-corrected chi connectivity index (χ3v) is 3.26. The molecule has 0 bridgehead atoms. The van der Waals surface area contributed by atoms with E-state index in [1.165, 1.54) is 0 Å². The van der Waals surface area contributed by atoms with Gasteiger partial charge in [-0.15, -0.1) is 0 Å². The zero-order valence-corrected chi connectivity index (χ0v) is 10.00. The van der Waals surface area contributed by atoms with Gasteiger partial charge < -0.3 is 0 Å². The van der Waals surface area contributed by atoms with Crippen LogP contribution in [0.4, 0.5) is 0 Å². The molecule has 0 aliphatic rings. The van der Waals surface area contributed by atoms with Crippen molar-refractivity contribution in [3.8, 4) is 0 Å². The fourth-order valence-corrected chi connectivity index (χ4v) is 2.82. The third-order valence-electron chi connectivity index (χ3n) is 1.09. The first kappa shape index (κ1) is 13.3. The summed E-state index contributed by atoms with van der Waals surface area (Å²) < 4.78 is 10.5. The number of rotatable bonds is 4. The summed E-state index contributed by atoms with van der Waals surface area (Å²) >= 11 is 0. The molecule has 0 unspecified atom stereocenters. The van der Waals surface area contributed by atoms with E-state index in [1.54, 1.807) is 13.8 Å². The van der Waals surface area contributed by atoms with Gasteiger partial charge in [-0.1, -0.05) is 0 Å². The number of hydrogen-bond donors (Lipinski definition) is 2. The summed E-state index contributed by atoms with van der Waals surface area (Å²) in [5.74, 6) is 0. The summed E-state index contributed by atoms with van der Waals surface area (Å²) in [7, 11) is -3.37. The van der Waals surface area contributed by atoms with E-state index in [2.05, 4.69) is 0 Å². The second kappa shape index (κ2) is 4.67. The van der Waals surface area contributed by atoms with Gasteiger partial charge in [-0.2, -0.15) is 0 Å². The van der Waals surface area contributed by atoms with Gasteiger partial charge in [0.1, 0.15) is 0 Å². The fraction of sp³-hybridized carbons (Fsp3) is 1.00. The van der Waals surface area contributed by atoms with Crippen molar-refractivity contribution in [2.45, 2.75) is 46.3 Å². The summed E-state index contributed by atoms with van der Waals surface area (Å²) in [4.78, 5) is 9.77. The van der Waals surface area contributed by atoms with Crippen LogP contribution in [0.5, 0.6) is 0 Å². The fourth-order valence-electron chi connectivity index (χ4n) is 0.940. The molecule has 2 N–H and O–H groups in total. The number of hydrogen-bond acceptors (Lipinski definition) is 4. The van der Waals surface area contributed by atoms with Crippen LogP contribution in [0.3, 0.4) is 0 Å². The molecule has 0 radical (unpaired) electrons. The van der Waals surface area contributed by atoms with Crippen LogP contribution >= 0.6 is 7.94 Å². The van der Waals surface area contributed by atoms with Crippen molar-refractivity contribution in [1.82, 2.24) is 0 Å². The molecule has 4 nitrogen and oxygen atoms in total. The molecule has 0 amide bonds. The molecule has 82 valence electrons. The van der Waals surface area contributed by atoms with E-state index in [1.807, 2.05) is 20.8 Å². The van der Waals surface area contributed by atoms with Crippen molar-refractivity contribution in [3.63, 3.8) is 0 Å². The maximum absolute atomic E-state index is 9.77. The topological polar surface area (TPSA) is 58.9 Å². The molecule has 0 spiro atoms. The molecule has 13 heavy (non-hydrogen) atoms. The number of aliphatic hydroxyl groups excluding tert-OH is 1. The zero-order chi connectivity index (χ0) is 10.7. The van der Waals surface area contributed by atoms with Crippen molar-refractivity contribution >= 4 is 7.94 Å². The van der Waals surface area contributed by atoms with E-state index < -0.39 is 19.9 Å². The van der Waals surface area contributed by atoms with Gasteiger partial charge >= 0.3 is 79.7 Å². The predicted molar refractivity (Wildman–Crippen MR) is 54.7 cm³/mol. The molecule has 0 saturated heterocycles. The van der Waals surface area contributed by atoms with Crippen molar-refractivity contribution in [1.29, 1.82) is 0 Å². The summed E-state index contributed by atoms with van der Waals surface area (Å²) in [5, 5.41) is 8.96. The first-order chi connectivity index (χ1) is 5.68. The van der Waals surface area contributed by atoms with E-state index in [0.717, 1.165) is 0 Å². The van der Waals surface area contributed by atoms with Gasteiger partial charge in [0, 0.05) is 0 Å². The second-order valence-electron chi connectivity index (χ2n) is 4.25. The predicted octanol–water partition coefficient (Wildman–Crippen LogP) is 1.66. The van der Waals surface area contributed by atoms with Crippen molar-refractivity contribution in [3.05, 3.63) is 0 Å². The van der Waals surface area contributed by atoms with Crippen molar-refractivity contribution in [2.75, 3.05) is 6.35 Å². The van der Waals surface area contributed by atoms with E-state index in [-0.39, 0.29) is 6.10 Å². The Hall–Kier alpha value is 0.270. The first-order valence-corrected chi connectivity index (χ1v) is 6.37. The molecule has 0 aromatic heterocycles. The van der Waals surface area contributed by atoms with Gasteiger partial charge in [0.05, 0.1) is 0 Å². The van der Waals surface area contributed by atoms with Gasteiger partial charge in [0.15, 0.2) is 0 Å². The SMILES string of the molecule is CC(C)O[PH](O)(CO)OC(C)(C)C. The first-order valence-electron chi connectivity index (χ1n) is 4.40. The quantitative estimate of drug-likeness (QED) is 0.696. The monoisotopic (exact) mass is 212 g/mol. The Bertz CT molecular complexity index is 155. The summed E-state index contributed by atoms with van der Waals surface area (Å²) in [6, 6.07) is 0. The minimum absolute atomic E-state index is 0.147. The van der Waals surface area contributed by atoms with E-state index in [0.29, 0.717) is 0 Å². The van der Waals surface area contributed by atoms with E-state index >= 15 is 0 Å². The Morgan fingerprint density at radius 2 is 1.77 bits per heavy atom. The third kappa shape index (κ3) is 6.36. The van der Waals surface area contributed by atoms with Crippen LogP contribution in [0.2, 0.25) is 0 Å². The molecule has 0 aromatic rings. The van der Waals surface area contributed by atoms with Gasteiger partial charge in [-0.25, -0.2) is 0 Å². The van der Waals surface area contributed by atoms with Crippen LogP contribution in [0.1, 0.15) is 34.6 Å². The van der Waals surface area contributed by atoms with E-state index in [4.69, 9.17) is 14.2 Å². The summed E-state index contributed by atoms with van der Waals surface area (Å²) in [6.07, 6.45) is -0.589. The zero-order valence-electron chi connectivity index (χ0n) is 9.00. The molecule has 0 fully saturated rings. The average molecular weight is 212 g/mol. The summed E-state index contributed by atoms with van der Waals surface area (Å²) in [6.45, 7) is 9.01. The van der Waals surface area contributed by atoms with Crippen LogP contribution in [-0.4, -0.2) is 28.1 Å². The van der Waals surface area contributed by atoms with E-state index in [9.17, 15) is 4.89 Å². The van der Waals surface area contributed by atoms with Gasteiger partial charge in [0.2, 0.25) is 0 Å². The molecule has 0 aromatic carbocycles. The van der Waals surface area contributed by atoms with Gasteiger partial charge in [0.25, 0.3) is 0 Å². The van der Waals surface area contributed by atoms with Crippen LogP contribution in [0.15, 0.2) is 0 Å². The molecule has 0 atom stereocenters. The molecular weight excluding hydrogens is 191 g/mol. The van der Waals surface area contributed by atoms with Crippen molar-refractivity contribution in [2.24, 2.45) is 0 Å². The Balaban J connectivity index is 4.28. The standard InChI is InChI=1S/C8H21O4P/c1-7(2)11-13(10,6-9)12-8(3,4)5/h7,9-10,13H,6H2,1-5H3. The van der Waals surface area contributed by atoms with Crippen LogP contribution in [-0.2, 0) is 9.05 Å². The second-order valence-corrected chi connectivity index (χ2v) is 6.43. The Morgan fingerprint density at radius 3 is 2.00 bits per heavy atom. The minimum atomic E-state index is -3.37.